The van der Waals surface area contributed by atoms with Crippen molar-refractivity contribution in [1.29, 1.82) is 5.41 Å². The van der Waals surface area contributed by atoms with Crippen LogP contribution >= 0.6 is 11.3 Å². The zero-order chi connectivity index (χ0) is 29.3. The van der Waals surface area contributed by atoms with Gasteiger partial charge in [0.2, 0.25) is 11.8 Å². The fourth-order valence-corrected chi connectivity index (χ4v) is 6.04. The summed E-state index contributed by atoms with van der Waals surface area (Å²) in [6.07, 6.45) is -0.244. The van der Waals surface area contributed by atoms with Crippen LogP contribution in [0.4, 0.5) is 4.39 Å². The summed E-state index contributed by atoms with van der Waals surface area (Å²) in [5.74, 6) is -1.68. The second-order valence-electron chi connectivity index (χ2n) is 10.2. The molecule has 3 amide bonds. The Kier molecular flexibility index (Phi) is 7.78. The number of halogens is 1. The molecule has 214 valence electrons. The van der Waals surface area contributed by atoms with Crippen molar-refractivity contribution in [2.24, 2.45) is 5.73 Å². The number of carbonyl (C=O) groups excluding carboxylic acids is 3. The van der Waals surface area contributed by atoms with Crippen molar-refractivity contribution in [3.8, 4) is 0 Å². The minimum absolute atomic E-state index is 0.0829. The van der Waals surface area contributed by atoms with Crippen molar-refractivity contribution in [2.45, 2.75) is 31.1 Å². The maximum absolute atomic E-state index is 15.6. The molecule has 0 bridgehead atoms. The highest BCUT2D eigenvalue weighted by Gasteiger charge is 2.49. The number of benzene rings is 2. The Morgan fingerprint density at radius 1 is 1.20 bits per heavy atom. The SMILES string of the molecule is COC[C@@]1(F)C[C@@H](C(=O)NC(C)c2cc(C(=N)N)cs2)N(C(=O)CNC(=O)c2ccc3oc4ccccc4c3c2)C1. The minimum Gasteiger partial charge on any atom is -0.456 e. The summed E-state index contributed by atoms with van der Waals surface area (Å²) in [5.41, 5.74) is 5.83. The number of rotatable bonds is 9. The number of hydrogen-bond acceptors (Lipinski definition) is 7. The maximum Gasteiger partial charge on any atom is 0.251 e. The first-order valence-electron chi connectivity index (χ1n) is 13.0. The first-order valence-corrected chi connectivity index (χ1v) is 13.9. The quantitative estimate of drug-likeness (QED) is 0.176. The molecule has 5 N–H and O–H groups in total. The predicted molar refractivity (Wildman–Crippen MR) is 154 cm³/mol. The van der Waals surface area contributed by atoms with E-state index in [0.29, 0.717) is 22.3 Å². The second kappa shape index (κ2) is 11.3. The van der Waals surface area contributed by atoms with Gasteiger partial charge in [-0.05, 0) is 37.3 Å². The Hall–Kier alpha value is -4.29. The smallest absolute Gasteiger partial charge is 0.251 e. The van der Waals surface area contributed by atoms with Gasteiger partial charge in [0, 0.05) is 45.7 Å². The number of fused-ring (bicyclic) bond motifs is 3. The van der Waals surface area contributed by atoms with Gasteiger partial charge in [-0.25, -0.2) is 4.39 Å². The lowest BCUT2D eigenvalue weighted by atomic mass is 10.0. The van der Waals surface area contributed by atoms with Crippen LogP contribution in [0.1, 0.15) is 40.2 Å². The van der Waals surface area contributed by atoms with Crippen LogP contribution in [0.15, 0.2) is 58.3 Å². The van der Waals surface area contributed by atoms with Gasteiger partial charge in [-0.3, -0.25) is 19.8 Å². The monoisotopic (exact) mass is 579 g/mol. The molecule has 1 fully saturated rings. The van der Waals surface area contributed by atoms with E-state index >= 15 is 4.39 Å². The zero-order valence-electron chi connectivity index (χ0n) is 22.5. The van der Waals surface area contributed by atoms with Gasteiger partial charge in [0.05, 0.1) is 25.7 Å². The molecule has 2 aromatic carbocycles. The Labute approximate surface area is 239 Å². The molecule has 2 aromatic heterocycles. The van der Waals surface area contributed by atoms with Crippen LogP contribution in [0.2, 0.25) is 0 Å². The third kappa shape index (κ3) is 5.79. The van der Waals surface area contributed by atoms with E-state index in [2.05, 4.69) is 10.6 Å². The van der Waals surface area contributed by atoms with E-state index in [0.717, 1.165) is 20.5 Å². The zero-order valence-corrected chi connectivity index (χ0v) is 23.3. The largest absolute Gasteiger partial charge is 0.456 e. The van der Waals surface area contributed by atoms with E-state index in [1.807, 2.05) is 24.3 Å². The van der Waals surface area contributed by atoms with Crippen LogP contribution in [-0.4, -0.2) is 67.0 Å². The van der Waals surface area contributed by atoms with Gasteiger partial charge in [-0.2, -0.15) is 0 Å². The maximum atomic E-state index is 15.6. The third-order valence-corrected chi connectivity index (χ3v) is 8.29. The molecule has 1 aliphatic rings. The summed E-state index contributed by atoms with van der Waals surface area (Å²) in [6, 6.07) is 12.6. The third-order valence-electron chi connectivity index (χ3n) is 7.17. The standard InChI is InChI=1S/C29H30FN5O5S/c1-16(24-10-18(13-41-24)26(31)32)34-28(38)21-11-29(30,15-39-2)14-35(21)25(36)12-33-27(37)17-7-8-23-20(9-17)19-5-3-4-6-22(19)40-23/h3-10,13,16,21H,11-12,14-15H2,1-2H3,(H3,31,32)(H,33,37)(H,34,38)/t16?,21-,29+/m0/s1. The molecule has 0 saturated carbocycles. The predicted octanol–water partition coefficient (Wildman–Crippen LogP) is 3.49. The Morgan fingerprint density at radius 2 is 1.95 bits per heavy atom. The van der Waals surface area contributed by atoms with Gasteiger partial charge in [0.15, 0.2) is 5.67 Å². The Balaban J connectivity index is 1.28. The molecule has 1 aliphatic heterocycles. The van der Waals surface area contributed by atoms with E-state index in [9.17, 15) is 14.4 Å². The number of amidine groups is 1. The minimum atomic E-state index is -1.92. The van der Waals surface area contributed by atoms with Crippen LogP contribution in [0, 0.1) is 5.41 Å². The summed E-state index contributed by atoms with van der Waals surface area (Å²) in [6.45, 7) is 0.710. The van der Waals surface area contributed by atoms with Crippen LogP contribution in [0.5, 0.6) is 0 Å². The number of amides is 3. The number of nitrogens with zero attached hydrogens (tertiary/aromatic N) is 1. The van der Waals surface area contributed by atoms with Gasteiger partial charge in [0.25, 0.3) is 5.91 Å². The number of likely N-dealkylation sites (tertiary alicyclic amines) is 1. The van der Waals surface area contributed by atoms with Gasteiger partial charge < -0.3 is 30.4 Å². The molecule has 3 heterocycles. The number of nitrogen functional groups attached to an aromatic ring is 1. The normalized spacial score (nSPS) is 19.4. The average molecular weight is 580 g/mol. The van der Waals surface area contributed by atoms with Crippen molar-refractivity contribution in [3.63, 3.8) is 0 Å². The van der Waals surface area contributed by atoms with Crippen molar-refractivity contribution in [3.05, 3.63) is 69.9 Å². The van der Waals surface area contributed by atoms with Crippen molar-refractivity contribution >= 4 is 56.8 Å². The van der Waals surface area contributed by atoms with Gasteiger partial charge in [0.1, 0.15) is 23.0 Å². The highest BCUT2D eigenvalue weighted by Crippen LogP contribution is 2.33. The Morgan fingerprint density at radius 3 is 2.68 bits per heavy atom. The number of nitrogens with two attached hydrogens (primary N) is 1. The van der Waals surface area contributed by atoms with Crippen molar-refractivity contribution in [1.82, 2.24) is 15.5 Å². The highest BCUT2D eigenvalue weighted by atomic mass is 32.1. The number of alkyl halides is 1. The number of furan rings is 1. The lowest BCUT2D eigenvalue weighted by Gasteiger charge is -2.25. The average Bonchev–Trinajstić information content (AvgIpc) is 3.67. The van der Waals surface area contributed by atoms with E-state index in [-0.39, 0.29) is 25.4 Å². The van der Waals surface area contributed by atoms with Gasteiger partial charge in [-0.1, -0.05) is 18.2 Å². The Bertz CT molecular complexity index is 1650. The molecule has 12 heteroatoms. The van der Waals surface area contributed by atoms with Gasteiger partial charge >= 0.3 is 0 Å². The molecule has 41 heavy (non-hydrogen) atoms. The fourth-order valence-electron chi connectivity index (χ4n) is 5.12. The molecule has 5 rings (SSSR count). The van der Waals surface area contributed by atoms with E-state index in [1.165, 1.54) is 18.4 Å². The second-order valence-corrected chi connectivity index (χ2v) is 11.1. The summed E-state index contributed by atoms with van der Waals surface area (Å²) in [5, 5.41) is 16.4. The molecule has 3 atom stereocenters. The molecular formula is C29H30FN5O5S. The van der Waals surface area contributed by atoms with Gasteiger partial charge in [-0.15, -0.1) is 11.3 Å². The van der Waals surface area contributed by atoms with E-state index in [4.69, 9.17) is 20.3 Å². The first kappa shape index (κ1) is 28.2. The molecule has 1 saturated heterocycles. The van der Waals surface area contributed by atoms with Crippen LogP contribution in [0.25, 0.3) is 21.9 Å². The topological polar surface area (TPSA) is 151 Å². The van der Waals surface area contributed by atoms with Crippen molar-refractivity contribution < 1.29 is 27.9 Å². The molecule has 1 unspecified atom stereocenters. The number of hydrogen-bond donors (Lipinski definition) is 4. The molecule has 4 aromatic rings. The lowest BCUT2D eigenvalue weighted by molar-refractivity contribution is -0.138. The van der Waals surface area contributed by atoms with Crippen LogP contribution in [-0.2, 0) is 14.3 Å². The number of para-hydroxylation sites is 1. The van der Waals surface area contributed by atoms with Crippen LogP contribution < -0.4 is 16.4 Å². The van der Waals surface area contributed by atoms with E-state index in [1.54, 1.807) is 36.6 Å². The summed E-state index contributed by atoms with van der Waals surface area (Å²) >= 11 is 1.33. The summed E-state index contributed by atoms with van der Waals surface area (Å²) < 4.78 is 26.4. The summed E-state index contributed by atoms with van der Waals surface area (Å²) in [4.78, 5) is 41.4. The number of carbonyl (C=O) groups is 3. The van der Waals surface area contributed by atoms with E-state index < -0.39 is 42.0 Å². The highest BCUT2D eigenvalue weighted by molar-refractivity contribution is 7.10. The number of ether oxygens (including phenoxy) is 1. The molecular weight excluding hydrogens is 549 g/mol. The lowest BCUT2D eigenvalue weighted by Crippen LogP contribution is -2.49. The van der Waals surface area contributed by atoms with Crippen molar-refractivity contribution in [2.75, 3.05) is 26.8 Å². The first-order chi connectivity index (χ1) is 19.6. The fraction of sp³-hybridized carbons (Fsp3) is 0.310. The molecule has 10 nitrogen and oxygen atoms in total. The molecule has 0 aliphatic carbocycles. The number of thiophene rings is 1. The number of methoxy groups -OCH3 is 1. The summed E-state index contributed by atoms with van der Waals surface area (Å²) in [7, 11) is 1.35. The molecule has 0 radical (unpaired) electrons. The molecule has 0 spiro atoms. The number of nitrogens with one attached hydrogen (secondary N) is 3. The van der Waals surface area contributed by atoms with Crippen LogP contribution in [0.3, 0.4) is 0 Å².